The first-order valence-corrected chi connectivity index (χ1v) is 19.0. The van der Waals surface area contributed by atoms with Crippen LogP contribution in [0.4, 0.5) is 5.69 Å². The molecular weight excluding hydrogens is 711 g/mol. The molecule has 2 aromatic rings. The zero-order chi connectivity index (χ0) is 30.7. The van der Waals surface area contributed by atoms with Gasteiger partial charge in [-0.1, -0.05) is 42.5 Å². The molecule has 2 saturated heterocycles. The van der Waals surface area contributed by atoms with Crippen molar-refractivity contribution in [1.82, 2.24) is 9.03 Å². The van der Waals surface area contributed by atoms with Crippen molar-refractivity contribution in [1.29, 1.82) is 0 Å². The number of halogens is 3. The van der Waals surface area contributed by atoms with Gasteiger partial charge < -0.3 is 15.7 Å². The van der Waals surface area contributed by atoms with Crippen LogP contribution in [0.25, 0.3) is 0 Å². The summed E-state index contributed by atoms with van der Waals surface area (Å²) in [5, 5.41) is 9.18. The monoisotopic (exact) mass is 744 g/mol. The first kappa shape index (κ1) is 33.9. The lowest BCUT2D eigenvalue weighted by Gasteiger charge is -2.35. The molecule has 0 aliphatic carbocycles. The van der Waals surface area contributed by atoms with Gasteiger partial charge in [-0.3, -0.25) is 4.79 Å². The molecule has 0 spiro atoms. The number of thiophene rings is 1. The lowest BCUT2D eigenvalue weighted by atomic mass is 9.87. The third-order valence-corrected chi connectivity index (χ3v) is 14.6. The van der Waals surface area contributed by atoms with Crippen molar-refractivity contribution in [3.63, 3.8) is 0 Å². The Morgan fingerprint density at radius 2 is 1.64 bits per heavy atom. The number of nitrogens with two attached hydrogens (primary N) is 1. The van der Waals surface area contributed by atoms with Crippen LogP contribution in [-0.4, -0.2) is 71.0 Å². The van der Waals surface area contributed by atoms with E-state index in [2.05, 4.69) is 25.6 Å². The second-order valence-electron chi connectivity index (χ2n) is 10.8. The molecule has 4 rings (SSSR count). The number of nitrogens with zero attached hydrogens (tertiary/aromatic N) is 2. The van der Waals surface area contributed by atoms with E-state index in [1.165, 1.54) is 12.1 Å². The molecule has 1 unspecified atom stereocenters. The van der Waals surface area contributed by atoms with Crippen molar-refractivity contribution in [2.45, 2.75) is 60.1 Å². The topological polar surface area (TPSA) is 150 Å². The van der Waals surface area contributed by atoms with Crippen LogP contribution in [0, 0.1) is 11.8 Å². The van der Waals surface area contributed by atoms with Crippen LogP contribution in [0.3, 0.4) is 0 Å². The molecule has 2 fully saturated rings. The zero-order valence-electron chi connectivity index (χ0n) is 22.8. The molecule has 16 heteroatoms. The highest BCUT2D eigenvalue weighted by Gasteiger charge is 2.31. The Hall–Kier alpha value is -0.970. The Morgan fingerprint density at radius 1 is 1.05 bits per heavy atom. The standard InChI is InChI=1S/C26H35BrCl2N4O6S3/c27-20-15-24(40-25(20)29)42(38,39)33-12-8-18(9-13-33)3-1-2-17-6-10-32(11-7-17)23-5-4-19(14-21(23)28)41(36,37)31-16-22(30)26(34)35/h4-5,14-15,17-18,22,31H,1-3,6-13,16,30H2,(H,34,35). The zero-order valence-corrected chi connectivity index (χ0v) is 28.4. The van der Waals surface area contributed by atoms with Crippen LogP contribution < -0.4 is 15.4 Å². The first-order chi connectivity index (χ1) is 19.8. The molecule has 2 aliphatic rings. The molecule has 42 heavy (non-hydrogen) atoms. The smallest absolute Gasteiger partial charge is 0.321 e. The maximum Gasteiger partial charge on any atom is 0.321 e. The molecular formula is C26H35BrCl2N4O6S3. The molecule has 1 aromatic heterocycles. The van der Waals surface area contributed by atoms with Crippen LogP contribution in [0.1, 0.15) is 44.9 Å². The van der Waals surface area contributed by atoms with Crippen molar-refractivity contribution in [3.05, 3.63) is 38.1 Å². The summed E-state index contributed by atoms with van der Waals surface area (Å²) in [5.74, 6) is -0.166. The number of hydrogen-bond acceptors (Lipinski definition) is 8. The quantitative estimate of drug-likeness (QED) is 0.275. The van der Waals surface area contributed by atoms with Crippen molar-refractivity contribution in [3.8, 4) is 0 Å². The molecule has 10 nitrogen and oxygen atoms in total. The van der Waals surface area contributed by atoms with Gasteiger partial charge in [0.25, 0.3) is 10.0 Å². The normalized spacial score (nSPS) is 18.8. The molecule has 2 aliphatic heterocycles. The highest BCUT2D eigenvalue weighted by Crippen LogP contribution is 2.38. The van der Waals surface area contributed by atoms with Crippen molar-refractivity contribution in [2.24, 2.45) is 17.6 Å². The van der Waals surface area contributed by atoms with Gasteiger partial charge >= 0.3 is 5.97 Å². The summed E-state index contributed by atoms with van der Waals surface area (Å²) in [6.45, 7) is 2.29. The SMILES string of the molecule is NC(CNS(=O)(=O)c1ccc(N2CCC(CCCC3CCN(S(=O)(=O)c4cc(Br)c(Cl)s4)CC3)CC2)c(Cl)c1)C(=O)O. The van der Waals surface area contributed by atoms with E-state index in [1.54, 1.807) is 16.4 Å². The Morgan fingerprint density at radius 3 is 2.17 bits per heavy atom. The molecule has 1 atom stereocenters. The van der Waals surface area contributed by atoms with Gasteiger partial charge in [0, 0.05) is 37.2 Å². The minimum atomic E-state index is -3.95. The molecule has 0 radical (unpaired) electrons. The largest absolute Gasteiger partial charge is 0.480 e. The van der Waals surface area contributed by atoms with Crippen molar-refractivity contribution < 1.29 is 26.7 Å². The molecule has 1 aromatic carbocycles. The second-order valence-corrected chi connectivity index (χ2v) is 17.7. The van der Waals surface area contributed by atoms with Gasteiger partial charge in [0.1, 0.15) is 14.6 Å². The summed E-state index contributed by atoms with van der Waals surface area (Å²) in [6.07, 6.45) is 7.09. The highest BCUT2D eigenvalue weighted by molar-refractivity contribution is 9.10. The van der Waals surface area contributed by atoms with E-state index in [0.717, 1.165) is 75.1 Å². The molecule has 0 amide bonds. The summed E-state index contributed by atoms with van der Waals surface area (Å²) in [6, 6.07) is 4.77. The predicted octanol–water partition coefficient (Wildman–Crippen LogP) is 5.00. The van der Waals surface area contributed by atoms with Gasteiger partial charge in [0.05, 0.1) is 15.6 Å². The van der Waals surface area contributed by atoms with Gasteiger partial charge in [-0.2, -0.15) is 4.31 Å². The van der Waals surface area contributed by atoms with Crippen LogP contribution in [-0.2, 0) is 24.8 Å². The second kappa shape index (κ2) is 14.4. The number of nitrogens with one attached hydrogen (secondary N) is 1. The summed E-state index contributed by atoms with van der Waals surface area (Å²) < 4.78 is 56.1. The summed E-state index contributed by atoms with van der Waals surface area (Å²) in [5.41, 5.74) is 6.16. The Balaban J connectivity index is 1.19. The minimum absolute atomic E-state index is 0.0452. The van der Waals surface area contributed by atoms with Crippen molar-refractivity contribution >= 4 is 82.2 Å². The van der Waals surface area contributed by atoms with E-state index in [4.69, 9.17) is 34.0 Å². The van der Waals surface area contributed by atoms with E-state index >= 15 is 0 Å². The summed E-state index contributed by atoms with van der Waals surface area (Å²) >= 11 is 16.9. The van der Waals surface area contributed by atoms with E-state index in [0.29, 0.717) is 38.8 Å². The number of piperidine rings is 2. The minimum Gasteiger partial charge on any atom is -0.480 e. The number of hydrogen-bond donors (Lipinski definition) is 3. The Bertz CT molecular complexity index is 1460. The molecule has 0 saturated carbocycles. The predicted molar refractivity (Wildman–Crippen MR) is 170 cm³/mol. The van der Waals surface area contributed by atoms with Crippen molar-refractivity contribution in [2.75, 3.05) is 37.6 Å². The van der Waals surface area contributed by atoms with Gasteiger partial charge in [-0.15, -0.1) is 11.3 Å². The lowest BCUT2D eigenvalue weighted by Crippen LogP contribution is -2.42. The average molecular weight is 747 g/mol. The van der Waals surface area contributed by atoms with Gasteiger partial charge in [0.15, 0.2) is 0 Å². The molecule has 3 heterocycles. The van der Waals surface area contributed by atoms with E-state index < -0.39 is 38.6 Å². The number of rotatable bonds is 12. The Kier molecular flexibility index (Phi) is 11.6. The van der Waals surface area contributed by atoms with Gasteiger partial charge in [-0.05, 0) is 77.7 Å². The fraction of sp³-hybridized carbons (Fsp3) is 0.577. The third-order valence-electron chi connectivity index (χ3n) is 8.01. The van der Waals surface area contributed by atoms with Crippen LogP contribution in [0.15, 0.2) is 37.8 Å². The average Bonchev–Trinajstić information content (AvgIpc) is 3.31. The number of carboxylic acid groups (broad SMARTS) is 1. The summed E-state index contributed by atoms with van der Waals surface area (Å²) in [7, 11) is -7.45. The third kappa shape index (κ3) is 8.39. The first-order valence-electron chi connectivity index (χ1n) is 13.8. The summed E-state index contributed by atoms with van der Waals surface area (Å²) in [4.78, 5) is 13.0. The number of aliphatic carboxylic acids is 1. The fourth-order valence-electron chi connectivity index (χ4n) is 5.46. The highest BCUT2D eigenvalue weighted by atomic mass is 79.9. The maximum absolute atomic E-state index is 13.0. The van der Waals surface area contributed by atoms with Gasteiger partial charge in [-0.25, -0.2) is 21.6 Å². The Labute approximate surface area is 269 Å². The molecule has 4 N–H and O–H groups in total. The number of anilines is 1. The number of sulfonamides is 2. The molecule has 0 bridgehead atoms. The van der Waals surface area contributed by atoms with E-state index in [9.17, 15) is 21.6 Å². The van der Waals surface area contributed by atoms with Crippen LogP contribution in [0.2, 0.25) is 9.36 Å². The maximum atomic E-state index is 13.0. The number of benzene rings is 1. The van der Waals surface area contributed by atoms with Crippen LogP contribution in [0.5, 0.6) is 0 Å². The fourth-order valence-corrected chi connectivity index (χ4v) is 10.8. The molecule has 234 valence electrons. The van der Waals surface area contributed by atoms with E-state index in [-0.39, 0.29) is 9.10 Å². The number of carbonyl (C=O) groups is 1. The number of carboxylic acids is 1. The van der Waals surface area contributed by atoms with Gasteiger partial charge in [0.2, 0.25) is 10.0 Å². The van der Waals surface area contributed by atoms with Crippen LogP contribution >= 0.6 is 50.5 Å². The van der Waals surface area contributed by atoms with E-state index in [1.807, 2.05) is 0 Å². The lowest BCUT2D eigenvalue weighted by molar-refractivity contribution is -0.138.